The van der Waals surface area contributed by atoms with E-state index in [1.54, 1.807) is 39.7 Å². The lowest BCUT2D eigenvalue weighted by molar-refractivity contribution is -0.122. The lowest BCUT2D eigenvalue weighted by Crippen LogP contribution is -2.20. The molecular weight excluding hydrogens is 380 g/mol. The molecule has 1 aliphatic rings. The second-order valence-corrected chi connectivity index (χ2v) is 8.51. The van der Waals surface area contributed by atoms with Crippen molar-refractivity contribution >= 4 is 12.1 Å². The maximum Gasteiger partial charge on any atom is 0.243 e. The van der Waals surface area contributed by atoms with Crippen molar-refractivity contribution < 1.29 is 19.0 Å². The number of benzene rings is 2. The summed E-state index contributed by atoms with van der Waals surface area (Å²) in [6, 6.07) is 12.1. The van der Waals surface area contributed by atoms with Crippen LogP contribution in [-0.2, 0) is 10.2 Å². The van der Waals surface area contributed by atoms with E-state index in [2.05, 4.69) is 55.6 Å². The van der Waals surface area contributed by atoms with Crippen LogP contribution in [-0.4, -0.2) is 33.5 Å². The zero-order chi connectivity index (χ0) is 21.9. The maximum absolute atomic E-state index is 12.5. The van der Waals surface area contributed by atoms with Gasteiger partial charge in [0, 0.05) is 11.5 Å². The number of methoxy groups -OCH3 is 3. The van der Waals surface area contributed by atoms with Gasteiger partial charge in [-0.3, -0.25) is 4.79 Å². The van der Waals surface area contributed by atoms with Gasteiger partial charge in [0.2, 0.25) is 11.7 Å². The lowest BCUT2D eigenvalue weighted by atomic mass is 9.86. The summed E-state index contributed by atoms with van der Waals surface area (Å²) in [6.45, 7) is 6.59. The molecule has 3 rings (SSSR count). The molecule has 0 bridgehead atoms. The van der Waals surface area contributed by atoms with Crippen LogP contribution in [0.2, 0.25) is 0 Å². The number of nitrogens with zero attached hydrogens (tertiary/aromatic N) is 1. The van der Waals surface area contributed by atoms with Crippen LogP contribution in [0.4, 0.5) is 0 Å². The molecule has 2 unspecified atom stereocenters. The molecule has 6 nitrogen and oxygen atoms in total. The van der Waals surface area contributed by atoms with Gasteiger partial charge in [-0.15, -0.1) is 0 Å². The van der Waals surface area contributed by atoms with E-state index in [9.17, 15) is 4.79 Å². The van der Waals surface area contributed by atoms with Gasteiger partial charge in [0.05, 0.1) is 27.5 Å². The number of hydrazone groups is 1. The normalized spacial score (nSPS) is 18.2. The van der Waals surface area contributed by atoms with E-state index in [1.165, 1.54) is 11.1 Å². The summed E-state index contributed by atoms with van der Waals surface area (Å²) in [7, 11) is 4.67. The molecule has 0 radical (unpaired) electrons. The highest BCUT2D eigenvalue weighted by Crippen LogP contribution is 2.47. The third-order valence-corrected chi connectivity index (χ3v) is 5.41. The van der Waals surface area contributed by atoms with E-state index in [4.69, 9.17) is 14.2 Å². The van der Waals surface area contributed by atoms with E-state index in [1.807, 2.05) is 0 Å². The van der Waals surface area contributed by atoms with Crippen LogP contribution in [0.3, 0.4) is 0 Å². The topological polar surface area (TPSA) is 69.2 Å². The summed E-state index contributed by atoms with van der Waals surface area (Å²) in [5.41, 5.74) is 6.01. The molecule has 2 aromatic rings. The molecule has 0 aromatic heterocycles. The second kappa shape index (κ2) is 8.78. The SMILES string of the molecule is COc1cc(/C=N/NC(=O)C2CC2c2ccc(C(C)(C)C)cc2)cc(OC)c1OC. The number of carbonyl (C=O) groups excluding carboxylic acids is 1. The van der Waals surface area contributed by atoms with E-state index in [0.717, 1.165) is 12.0 Å². The number of hydrogen-bond donors (Lipinski definition) is 1. The van der Waals surface area contributed by atoms with Gasteiger partial charge in [0.25, 0.3) is 0 Å². The molecule has 1 saturated carbocycles. The first-order chi connectivity index (χ1) is 14.3. The minimum atomic E-state index is -0.0661. The fourth-order valence-corrected chi connectivity index (χ4v) is 3.51. The maximum atomic E-state index is 12.5. The molecule has 160 valence electrons. The Hall–Kier alpha value is -3.02. The van der Waals surface area contributed by atoms with Crippen molar-refractivity contribution in [3.05, 3.63) is 53.1 Å². The van der Waals surface area contributed by atoms with Gasteiger partial charge in [-0.05, 0) is 41.0 Å². The van der Waals surface area contributed by atoms with Crippen LogP contribution in [0.15, 0.2) is 41.5 Å². The van der Waals surface area contributed by atoms with Crippen LogP contribution in [0.25, 0.3) is 0 Å². The first kappa shape index (κ1) is 21.7. The Kier molecular flexibility index (Phi) is 6.34. The third-order valence-electron chi connectivity index (χ3n) is 5.41. The fourth-order valence-electron chi connectivity index (χ4n) is 3.51. The number of amides is 1. The monoisotopic (exact) mass is 410 g/mol. The van der Waals surface area contributed by atoms with E-state index >= 15 is 0 Å². The number of carbonyl (C=O) groups is 1. The Morgan fingerprint density at radius 1 is 1.03 bits per heavy atom. The molecule has 1 N–H and O–H groups in total. The molecule has 0 aliphatic heterocycles. The minimum Gasteiger partial charge on any atom is -0.493 e. The molecule has 1 fully saturated rings. The number of nitrogens with one attached hydrogen (secondary N) is 1. The summed E-state index contributed by atoms with van der Waals surface area (Å²) in [6.07, 6.45) is 2.41. The van der Waals surface area contributed by atoms with E-state index in [0.29, 0.717) is 17.2 Å². The van der Waals surface area contributed by atoms with Crippen molar-refractivity contribution in [2.75, 3.05) is 21.3 Å². The van der Waals surface area contributed by atoms with Crippen molar-refractivity contribution in [3.63, 3.8) is 0 Å². The Bertz CT molecular complexity index is 904. The quantitative estimate of drug-likeness (QED) is 0.547. The van der Waals surface area contributed by atoms with Crippen molar-refractivity contribution in [2.45, 2.75) is 38.5 Å². The summed E-state index contributed by atoms with van der Waals surface area (Å²) in [4.78, 5) is 12.5. The average Bonchev–Trinajstić information content (AvgIpc) is 3.53. The van der Waals surface area contributed by atoms with Gasteiger partial charge in [-0.2, -0.15) is 5.10 Å². The first-order valence-electron chi connectivity index (χ1n) is 10.0. The molecule has 1 amide bonds. The first-order valence-corrected chi connectivity index (χ1v) is 10.0. The summed E-state index contributed by atoms with van der Waals surface area (Å²) in [5.74, 6) is 1.73. The van der Waals surface area contributed by atoms with Crippen molar-refractivity contribution in [1.82, 2.24) is 5.43 Å². The summed E-state index contributed by atoms with van der Waals surface area (Å²) >= 11 is 0. The van der Waals surface area contributed by atoms with Crippen LogP contribution < -0.4 is 19.6 Å². The highest BCUT2D eigenvalue weighted by molar-refractivity contribution is 5.86. The molecule has 6 heteroatoms. The molecule has 2 aromatic carbocycles. The second-order valence-electron chi connectivity index (χ2n) is 8.51. The van der Waals surface area contributed by atoms with Crippen LogP contribution in [0, 0.1) is 5.92 Å². The number of hydrogen-bond acceptors (Lipinski definition) is 5. The molecule has 2 atom stereocenters. The Balaban J connectivity index is 1.61. The lowest BCUT2D eigenvalue weighted by Gasteiger charge is -2.19. The largest absolute Gasteiger partial charge is 0.493 e. The van der Waals surface area contributed by atoms with Gasteiger partial charge in [-0.25, -0.2) is 5.43 Å². The van der Waals surface area contributed by atoms with Gasteiger partial charge in [0.1, 0.15) is 0 Å². The summed E-state index contributed by atoms with van der Waals surface area (Å²) < 4.78 is 16.0. The predicted molar refractivity (Wildman–Crippen MR) is 118 cm³/mol. The highest BCUT2D eigenvalue weighted by atomic mass is 16.5. The van der Waals surface area contributed by atoms with Gasteiger partial charge in [0.15, 0.2) is 11.5 Å². The zero-order valence-corrected chi connectivity index (χ0v) is 18.5. The van der Waals surface area contributed by atoms with Gasteiger partial charge >= 0.3 is 0 Å². The smallest absolute Gasteiger partial charge is 0.243 e. The number of ether oxygens (including phenoxy) is 3. The molecule has 1 aliphatic carbocycles. The number of rotatable bonds is 7. The van der Waals surface area contributed by atoms with E-state index in [-0.39, 0.29) is 23.2 Å². The third kappa shape index (κ3) is 4.75. The van der Waals surface area contributed by atoms with Gasteiger partial charge in [-0.1, -0.05) is 45.0 Å². The van der Waals surface area contributed by atoms with Crippen molar-refractivity contribution in [2.24, 2.45) is 11.0 Å². The average molecular weight is 411 g/mol. The summed E-state index contributed by atoms with van der Waals surface area (Å²) in [5, 5.41) is 4.11. The Morgan fingerprint density at radius 3 is 2.13 bits per heavy atom. The predicted octanol–water partition coefficient (Wildman–Crippen LogP) is 4.26. The molecule has 0 saturated heterocycles. The Morgan fingerprint density at radius 2 is 1.63 bits per heavy atom. The van der Waals surface area contributed by atoms with Crippen LogP contribution >= 0.6 is 0 Å². The van der Waals surface area contributed by atoms with E-state index < -0.39 is 0 Å². The standard InChI is InChI=1S/C24H30N2O4/c1-24(2,3)17-9-7-16(8-10-17)18-13-19(18)23(27)26-25-14-15-11-20(28-4)22(30-6)21(12-15)29-5/h7-12,14,18-19H,13H2,1-6H3,(H,26,27)/b25-14+. The van der Waals surface area contributed by atoms with Crippen molar-refractivity contribution in [3.8, 4) is 17.2 Å². The molecule has 0 spiro atoms. The Labute approximate surface area is 178 Å². The fraction of sp³-hybridized carbons (Fsp3) is 0.417. The van der Waals surface area contributed by atoms with Crippen LogP contribution in [0.5, 0.6) is 17.2 Å². The highest BCUT2D eigenvalue weighted by Gasteiger charge is 2.44. The minimum absolute atomic E-state index is 0.0393. The van der Waals surface area contributed by atoms with Crippen LogP contribution in [0.1, 0.15) is 49.8 Å². The molecular formula is C24H30N2O4. The van der Waals surface area contributed by atoms with Gasteiger partial charge < -0.3 is 14.2 Å². The zero-order valence-electron chi connectivity index (χ0n) is 18.5. The molecule has 0 heterocycles. The van der Waals surface area contributed by atoms with Crippen molar-refractivity contribution in [1.29, 1.82) is 0 Å². The molecule has 30 heavy (non-hydrogen) atoms.